The van der Waals surface area contributed by atoms with Gasteiger partial charge in [0.2, 0.25) is 17.8 Å². The van der Waals surface area contributed by atoms with Gasteiger partial charge in [-0.05, 0) is 48.9 Å². The largest absolute Gasteiger partial charge is 0.492 e. The zero-order valence-corrected chi connectivity index (χ0v) is 15.2. The molecule has 0 fully saturated rings. The van der Waals surface area contributed by atoms with Crippen LogP contribution in [0.4, 0.5) is 26.6 Å². The molecule has 1 heterocycles. The Labute approximate surface area is 161 Å². The van der Waals surface area contributed by atoms with Gasteiger partial charge in [0.05, 0.1) is 12.6 Å². The maximum absolute atomic E-state index is 13.1. The first-order valence-corrected chi connectivity index (χ1v) is 8.65. The van der Waals surface area contributed by atoms with Gasteiger partial charge < -0.3 is 21.1 Å². The van der Waals surface area contributed by atoms with E-state index in [1.54, 1.807) is 24.3 Å². The lowest BCUT2D eigenvalue weighted by molar-refractivity contribution is 0.332. The summed E-state index contributed by atoms with van der Waals surface area (Å²) in [4.78, 5) is 12.4. The van der Waals surface area contributed by atoms with E-state index < -0.39 is 0 Å². The van der Waals surface area contributed by atoms with Crippen LogP contribution in [0.15, 0.2) is 48.5 Å². The molecule has 0 unspecified atom stereocenters. The molecular formula is C19H20F2N6O. The lowest BCUT2D eigenvalue weighted by Crippen LogP contribution is -2.16. The fourth-order valence-corrected chi connectivity index (χ4v) is 2.43. The van der Waals surface area contributed by atoms with Gasteiger partial charge in [-0.1, -0.05) is 12.1 Å². The Balaban J connectivity index is 1.55. The summed E-state index contributed by atoms with van der Waals surface area (Å²) in [7, 11) is 0. The Morgan fingerprint density at radius 1 is 0.929 bits per heavy atom. The normalized spacial score (nSPS) is 11.7. The molecular weight excluding hydrogens is 366 g/mol. The van der Waals surface area contributed by atoms with Gasteiger partial charge in [-0.15, -0.1) is 0 Å². The van der Waals surface area contributed by atoms with E-state index in [1.807, 2.05) is 6.92 Å². The van der Waals surface area contributed by atoms with Gasteiger partial charge in [-0.25, -0.2) is 8.78 Å². The van der Waals surface area contributed by atoms with E-state index in [0.29, 0.717) is 30.8 Å². The zero-order valence-electron chi connectivity index (χ0n) is 15.2. The van der Waals surface area contributed by atoms with E-state index in [9.17, 15) is 8.78 Å². The molecule has 0 saturated carbocycles. The van der Waals surface area contributed by atoms with Crippen molar-refractivity contribution in [1.29, 1.82) is 0 Å². The molecule has 0 spiro atoms. The van der Waals surface area contributed by atoms with E-state index in [0.717, 1.165) is 5.56 Å². The third kappa shape index (κ3) is 5.50. The Morgan fingerprint density at radius 2 is 1.54 bits per heavy atom. The van der Waals surface area contributed by atoms with Crippen LogP contribution < -0.4 is 21.1 Å². The summed E-state index contributed by atoms with van der Waals surface area (Å²) in [5.41, 5.74) is 6.62. The van der Waals surface area contributed by atoms with Crippen LogP contribution in [-0.2, 0) is 0 Å². The highest BCUT2D eigenvalue weighted by Gasteiger charge is 2.10. The van der Waals surface area contributed by atoms with Crippen LogP contribution in [0.5, 0.6) is 5.75 Å². The first-order valence-electron chi connectivity index (χ1n) is 8.65. The summed E-state index contributed by atoms with van der Waals surface area (Å²) >= 11 is 0. The van der Waals surface area contributed by atoms with E-state index in [4.69, 9.17) is 10.5 Å². The van der Waals surface area contributed by atoms with E-state index in [-0.39, 0.29) is 23.6 Å². The summed E-state index contributed by atoms with van der Waals surface area (Å²) in [5.74, 6) is 0.602. The van der Waals surface area contributed by atoms with Crippen molar-refractivity contribution in [2.45, 2.75) is 13.0 Å². The fraction of sp³-hybridized carbons (Fsp3) is 0.211. The van der Waals surface area contributed by atoms with Crippen molar-refractivity contribution in [3.05, 3.63) is 65.7 Å². The number of anilines is 3. The van der Waals surface area contributed by atoms with E-state index in [1.165, 1.54) is 24.3 Å². The van der Waals surface area contributed by atoms with Crippen molar-refractivity contribution in [2.75, 3.05) is 29.5 Å². The number of nitrogen functional groups attached to an aromatic ring is 1. The Kier molecular flexibility index (Phi) is 6.15. The molecule has 9 heteroatoms. The first-order chi connectivity index (χ1) is 13.5. The van der Waals surface area contributed by atoms with Crippen LogP contribution in [-0.4, -0.2) is 28.1 Å². The highest BCUT2D eigenvalue weighted by molar-refractivity contribution is 5.41. The molecule has 3 aromatic rings. The topological polar surface area (TPSA) is 98.0 Å². The lowest BCUT2D eigenvalue weighted by Gasteiger charge is -2.15. The van der Waals surface area contributed by atoms with Gasteiger partial charge in [0.1, 0.15) is 24.0 Å². The second-order valence-corrected chi connectivity index (χ2v) is 5.99. The lowest BCUT2D eigenvalue weighted by atomic mass is 10.1. The third-order valence-corrected chi connectivity index (χ3v) is 3.84. The summed E-state index contributed by atoms with van der Waals surface area (Å²) in [6, 6.07) is 11.8. The molecule has 3 rings (SSSR count). The molecule has 1 atom stereocenters. The predicted molar refractivity (Wildman–Crippen MR) is 103 cm³/mol. The Morgan fingerprint density at radius 3 is 2.21 bits per heavy atom. The molecule has 0 amide bonds. The average molecular weight is 386 g/mol. The number of nitrogens with zero attached hydrogens (tertiary/aromatic N) is 3. The van der Waals surface area contributed by atoms with Crippen LogP contribution in [0.2, 0.25) is 0 Å². The van der Waals surface area contributed by atoms with Crippen molar-refractivity contribution in [2.24, 2.45) is 0 Å². The maximum atomic E-state index is 13.1. The highest BCUT2D eigenvalue weighted by atomic mass is 19.1. The molecule has 0 aliphatic carbocycles. The summed E-state index contributed by atoms with van der Waals surface area (Å²) < 4.78 is 31.4. The molecule has 0 bridgehead atoms. The van der Waals surface area contributed by atoms with Gasteiger partial charge in [0.25, 0.3) is 0 Å². The molecule has 0 aliphatic heterocycles. The Bertz CT molecular complexity index is 905. The fourth-order valence-electron chi connectivity index (χ4n) is 2.43. The average Bonchev–Trinajstić information content (AvgIpc) is 2.67. The SMILES string of the molecule is C[C@H](Nc1nc(N)nc(NCCOc2ccc(F)cc2)n1)c1ccc(F)cc1. The number of hydrogen-bond acceptors (Lipinski definition) is 7. The molecule has 28 heavy (non-hydrogen) atoms. The number of rotatable bonds is 8. The predicted octanol–water partition coefficient (Wildman–Crippen LogP) is 3.40. The summed E-state index contributed by atoms with van der Waals surface area (Å²) in [5, 5.41) is 6.11. The van der Waals surface area contributed by atoms with Crippen molar-refractivity contribution in [3.8, 4) is 5.75 Å². The van der Waals surface area contributed by atoms with Crippen molar-refractivity contribution < 1.29 is 13.5 Å². The molecule has 0 radical (unpaired) electrons. The number of halogens is 2. The smallest absolute Gasteiger partial charge is 0.229 e. The van der Waals surface area contributed by atoms with Crippen LogP contribution in [0.25, 0.3) is 0 Å². The van der Waals surface area contributed by atoms with Crippen LogP contribution in [0.1, 0.15) is 18.5 Å². The highest BCUT2D eigenvalue weighted by Crippen LogP contribution is 2.18. The molecule has 0 aliphatic rings. The second kappa shape index (κ2) is 8.94. The summed E-state index contributed by atoms with van der Waals surface area (Å²) in [6.07, 6.45) is 0. The van der Waals surface area contributed by atoms with Crippen LogP contribution in [0.3, 0.4) is 0 Å². The van der Waals surface area contributed by atoms with Gasteiger partial charge in [0.15, 0.2) is 0 Å². The standard InChI is InChI=1S/C19H20F2N6O/c1-12(13-2-4-14(20)5-3-13)24-19-26-17(22)25-18(27-19)23-10-11-28-16-8-6-15(21)7-9-16/h2-9,12H,10-11H2,1H3,(H4,22,23,24,25,26,27)/t12-/m0/s1. The molecule has 0 saturated heterocycles. The van der Waals surface area contributed by atoms with Gasteiger partial charge >= 0.3 is 0 Å². The van der Waals surface area contributed by atoms with Crippen molar-refractivity contribution in [3.63, 3.8) is 0 Å². The molecule has 2 aromatic carbocycles. The number of ether oxygens (including phenoxy) is 1. The first kappa shape index (κ1) is 19.3. The van der Waals surface area contributed by atoms with Crippen molar-refractivity contribution >= 4 is 17.8 Å². The minimum absolute atomic E-state index is 0.0609. The van der Waals surface area contributed by atoms with E-state index in [2.05, 4.69) is 25.6 Å². The quantitative estimate of drug-likeness (QED) is 0.511. The number of benzene rings is 2. The van der Waals surface area contributed by atoms with Gasteiger partial charge in [0, 0.05) is 0 Å². The van der Waals surface area contributed by atoms with Gasteiger partial charge in [-0.3, -0.25) is 0 Å². The molecule has 7 nitrogen and oxygen atoms in total. The monoisotopic (exact) mass is 386 g/mol. The zero-order chi connectivity index (χ0) is 19.9. The maximum Gasteiger partial charge on any atom is 0.229 e. The van der Waals surface area contributed by atoms with Crippen LogP contribution in [0, 0.1) is 11.6 Å². The Hall–Kier alpha value is -3.49. The number of nitrogens with one attached hydrogen (secondary N) is 2. The van der Waals surface area contributed by atoms with E-state index >= 15 is 0 Å². The molecule has 146 valence electrons. The molecule has 1 aromatic heterocycles. The number of nitrogens with two attached hydrogens (primary N) is 1. The second-order valence-electron chi connectivity index (χ2n) is 5.99. The number of hydrogen-bond donors (Lipinski definition) is 3. The van der Waals surface area contributed by atoms with Crippen molar-refractivity contribution in [1.82, 2.24) is 15.0 Å². The minimum atomic E-state index is -0.318. The minimum Gasteiger partial charge on any atom is -0.492 e. The third-order valence-electron chi connectivity index (χ3n) is 3.84. The van der Waals surface area contributed by atoms with Crippen LogP contribution >= 0.6 is 0 Å². The van der Waals surface area contributed by atoms with Gasteiger partial charge in [-0.2, -0.15) is 15.0 Å². The molecule has 4 N–H and O–H groups in total. The number of aromatic nitrogens is 3. The summed E-state index contributed by atoms with van der Waals surface area (Å²) in [6.45, 7) is 2.64.